The van der Waals surface area contributed by atoms with Crippen LogP contribution in [0.5, 0.6) is 0 Å². The third kappa shape index (κ3) is 4.71. The molecule has 0 spiro atoms. The molecule has 0 unspecified atom stereocenters. The first kappa shape index (κ1) is 13.8. The van der Waals surface area contributed by atoms with Gasteiger partial charge in [0.1, 0.15) is 11.6 Å². The van der Waals surface area contributed by atoms with Crippen molar-refractivity contribution in [2.24, 2.45) is 0 Å². The molecule has 1 amide bonds. The Morgan fingerprint density at radius 1 is 1.39 bits per heavy atom. The Hall–Kier alpha value is -2.28. The molecule has 18 heavy (non-hydrogen) atoms. The highest BCUT2D eigenvalue weighted by atomic mass is 16.1. The van der Waals surface area contributed by atoms with Crippen LogP contribution in [0.2, 0.25) is 0 Å². The lowest BCUT2D eigenvalue weighted by Gasteiger charge is -2.04. The van der Waals surface area contributed by atoms with Gasteiger partial charge in [-0.1, -0.05) is 37.3 Å². The van der Waals surface area contributed by atoms with Crippen molar-refractivity contribution in [1.29, 1.82) is 5.26 Å². The number of hydrogen-bond acceptors (Lipinski definition) is 3. The molecule has 4 nitrogen and oxygen atoms in total. The Morgan fingerprint density at radius 2 is 2.11 bits per heavy atom. The van der Waals surface area contributed by atoms with Crippen molar-refractivity contribution in [2.45, 2.75) is 19.9 Å². The molecule has 1 aromatic carbocycles. The summed E-state index contributed by atoms with van der Waals surface area (Å²) < 4.78 is 0. The van der Waals surface area contributed by atoms with Gasteiger partial charge in [0.2, 0.25) is 0 Å². The lowest BCUT2D eigenvalue weighted by atomic mass is 10.2. The maximum atomic E-state index is 11.7. The molecule has 4 heteroatoms. The molecule has 0 aromatic heterocycles. The molecule has 0 aliphatic rings. The van der Waals surface area contributed by atoms with Gasteiger partial charge in [0.05, 0.1) is 0 Å². The van der Waals surface area contributed by atoms with Crippen LogP contribution in [0, 0.1) is 11.3 Å². The summed E-state index contributed by atoms with van der Waals surface area (Å²) in [6.07, 6.45) is 2.41. The minimum absolute atomic E-state index is 0.0966. The molecule has 0 radical (unpaired) electrons. The van der Waals surface area contributed by atoms with E-state index in [1.807, 2.05) is 43.3 Å². The van der Waals surface area contributed by atoms with E-state index in [2.05, 4.69) is 10.6 Å². The van der Waals surface area contributed by atoms with Gasteiger partial charge in [0.15, 0.2) is 0 Å². The predicted molar refractivity (Wildman–Crippen MR) is 70.3 cm³/mol. The molecule has 0 aliphatic carbocycles. The largest absolute Gasteiger partial charge is 0.390 e. The van der Waals surface area contributed by atoms with Crippen molar-refractivity contribution in [3.05, 3.63) is 47.7 Å². The molecule has 0 saturated heterocycles. The molecule has 0 atom stereocenters. The molecule has 2 N–H and O–H groups in total. The number of nitriles is 1. The summed E-state index contributed by atoms with van der Waals surface area (Å²) in [4.78, 5) is 11.7. The number of carbonyl (C=O) groups is 1. The molecule has 1 aromatic rings. The van der Waals surface area contributed by atoms with Crippen molar-refractivity contribution in [1.82, 2.24) is 10.6 Å². The van der Waals surface area contributed by atoms with Gasteiger partial charge in [-0.15, -0.1) is 0 Å². The lowest BCUT2D eigenvalue weighted by molar-refractivity contribution is -0.117. The first-order valence-electron chi connectivity index (χ1n) is 5.93. The van der Waals surface area contributed by atoms with Gasteiger partial charge in [-0.2, -0.15) is 5.26 Å². The number of carbonyl (C=O) groups excluding carboxylic acids is 1. The van der Waals surface area contributed by atoms with E-state index in [0.29, 0.717) is 6.54 Å². The summed E-state index contributed by atoms with van der Waals surface area (Å²) in [5.74, 6) is -0.357. The number of rotatable bonds is 6. The highest BCUT2D eigenvalue weighted by Gasteiger charge is 2.07. The second-order valence-corrected chi connectivity index (χ2v) is 3.79. The van der Waals surface area contributed by atoms with Crippen molar-refractivity contribution in [2.75, 3.05) is 6.54 Å². The van der Waals surface area contributed by atoms with E-state index < -0.39 is 0 Å². The van der Waals surface area contributed by atoms with Crippen molar-refractivity contribution in [3.63, 3.8) is 0 Å². The average molecular weight is 243 g/mol. The van der Waals surface area contributed by atoms with Crippen LogP contribution in [0.15, 0.2) is 42.1 Å². The first-order valence-corrected chi connectivity index (χ1v) is 5.93. The smallest absolute Gasteiger partial charge is 0.263 e. The minimum Gasteiger partial charge on any atom is -0.390 e. The maximum Gasteiger partial charge on any atom is 0.263 e. The number of benzene rings is 1. The molecular formula is C14H17N3O. The first-order chi connectivity index (χ1) is 8.77. The standard InChI is InChI=1S/C14H17N3O/c1-2-8-16-11-13(9-15)14(18)17-10-12-6-4-3-5-7-12/h3-7,11,16H,2,8,10H2,1H3,(H,17,18)/b13-11-. The van der Waals surface area contributed by atoms with Crippen LogP contribution >= 0.6 is 0 Å². The molecule has 94 valence electrons. The van der Waals surface area contributed by atoms with Gasteiger partial charge < -0.3 is 10.6 Å². The lowest BCUT2D eigenvalue weighted by Crippen LogP contribution is -2.25. The van der Waals surface area contributed by atoms with Gasteiger partial charge >= 0.3 is 0 Å². The summed E-state index contributed by atoms with van der Waals surface area (Å²) in [5, 5.41) is 14.5. The van der Waals surface area contributed by atoms with Crippen LogP contribution in [-0.4, -0.2) is 12.5 Å². The van der Waals surface area contributed by atoms with Gasteiger partial charge in [-0.3, -0.25) is 4.79 Å². The molecular weight excluding hydrogens is 226 g/mol. The maximum absolute atomic E-state index is 11.7. The Labute approximate surface area is 107 Å². The van der Waals surface area contributed by atoms with Gasteiger partial charge in [-0.05, 0) is 12.0 Å². The molecule has 0 aliphatic heterocycles. The SMILES string of the molecule is CCCN/C=C(/C#N)C(=O)NCc1ccccc1. The monoisotopic (exact) mass is 243 g/mol. The van der Waals surface area contributed by atoms with Crippen molar-refractivity contribution >= 4 is 5.91 Å². The fourth-order valence-corrected chi connectivity index (χ4v) is 1.34. The van der Waals surface area contributed by atoms with E-state index in [4.69, 9.17) is 5.26 Å². The van der Waals surface area contributed by atoms with Crippen LogP contribution in [-0.2, 0) is 11.3 Å². The highest BCUT2D eigenvalue weighted by Crippen LogP contribution is 1.98. The highest BCUT2D eigenvalue weighted by molar-refractivity contribution is 5.97. The number of amides is 1. The summed E-state index contributed by atoms with van der Waals surface area (Å²) in [6, 6.07) is 11.5. The molecule has 1 rings (SSSR count). The zero-order valence-electron chi connectivity index (χ0n) is 10.4. The average Bonchev–Trinajstić information content (AvgIpc) is 2.42. The van der Waals surface area contributed by atoms with E-state index in [0.717, 1.165) is 18.5 Å². The minimum atomic E-state index is -0.357. The van der Waals surface area contributed by atoms with Gasteiger partial charge in [0, 0.05) is 19.3 Å². The zero-order chi connectivity index (χ0) is 13.2. The van der Waals surface area contributed by atoms with Gasteiger partial charge in [-0.25, -0.2) is 0 Å². The normalized spacial score (nSPS) is 10.6. The quantitative estimate of drug-likeness (QED) is 0.454. The Kier molecular flexibility index (Phi) is 6.05. The summed E-state index contributed by atoms with van der Waals surface area (Å²) in [7, 11) is 0. The third-order valence-electron chi connectivity index (χ3n) is 2.30. The predicted octanol–water partition coefficient (Wildman–Crippen LogP) is 1.71. The van der Waals surface area contributed by atoms with E-state index >= 15 is 0 Å². The molecule has 0 saturated carbocycles. The number of nitrogens with one attached hydrogen (secondary N) is 2. The Balaban J connectivity index is 2.48. The second-order valence-electron chi connectivity index (χ2n) is 3.79. The second kappa shape index (κ2) is 7.91. The van der Waals surface area contributed by atoms with Crippen LogP contribution in [0.1, 0.15) is 18.9 Å². The third-order valence-corrected chi connectivity index (χ3v) is 2.30. The van der Waals surface area contributed by atoms with Crippen molar-refractivity contribution < 1.29 is 4.79 Å². The van der Waals surface area contributed by atoms with Crippen LogP contribution in [0.3, 0.4) is 0 Å². The topological polar surface area (TPSA) is 64.9 Å². The fourth-order valence-electron chi connectivity index (χ4n) is 1.34. The molecule has 0 heterocycles. The van der Waals surface area contributed by atoms with E-state index in [1.165, 1.54) is 6.20 Å². The zero-order valence-corrected chi connectivity index (χ0v) is 10.4. The van der Waals surface area contributed by atoms with E-state index in [1.54, 1.807) is 0 Å². The summed E-state index contributed by atoms with van der Waals surface area (Å²) in [5.41, 5.74) is 1.10. The van der Waals surface area contributed by atoms with E-state index in [-0.39, 0.29) is 11.5 Å². The molecule has 0 bridgehead atoms. The van der Waals surface area contributed by atoms with Crippen LogP contribution < -0.4 is 10.6 Å². The van der Waals surface area contributed by atoms with E-state index in [9.17, 15) is 4.79 Å². The Morgan fingerprint density at radius 3 is 2.72 bits per heavy atom. The van der Waals surface area contributed by atoms with Crippen molar-refractivity contribution in [3.8, 4) is 6.07 Å². The summed E-state index contributed by atoms with van der Waals surface area (Å²) >= 11 is 0. The summed E-state index contributed by atoms with van der Waals surface area (Å²) in [6.45, 7) is 3.19. The van der Waals surface area contributed by atoms with Crippen LogP contribution in [0.4, 0.5) is 0 Å². The Bertz CT molecular complexity index is 446. The number of nitrogens with zero attached hydrogens (tertiary/aromatic N) is 1. The fraction of sp³-hybridized carbons (Fsp3) is 0.286. The molecule has 0 fully saturated rings. The number of hydrogen-bond donors (Lipinski definition) is 2. The van der Waals surface area contributed by atoms with Crippen LogP contribution in [0.25, 0.3) is 0 Å². The van der Waals surface area contributed by atoms with Gasteiger partial charge in [0.25, 0.3) is 5.91 Å².